The summed E-state index contributed by atoms with van der Waals surface area (Å²) in [6.07, 6.45) is -4.37. The summed E-state index contributed by atoms with van der Waals surface area (Å²) in [6.45, 7) is 1.73. The Morgan fingerprint density at radius 3 is 2.60 bits per heavy atom. The Morgan fingerprint density at radius 1 is 1.47 bits per heavy atom. The number of methoxy groups -OCH3 is 1. The molecule has 5 atom stereocenters. The second kappa shape index (κ2) is 5.74. The number of aliphatic hydroxyl groups excluding tert-OH is 3. The highest BCUT2D eigenvalue weighted by Crippen LogP contribution is 2.26. The van der Waals surface area contributed by atoms with Crippen LogP contribution in [-0.2, 0) is 14.2 Å². The van der Waals surface area contributed by atoms with Crippen LogP contribution in [0, 0.1) is 0 Å². The highest BCUT2D eigenvalue weighted by atomic mass is 16.7. The van der Waals surface area contributed by atoms with E-state index < -0.39 is 37.3 Å². The maximum Gasteiger partial charge on any atom is 0.186 e. The molecule has 0 amide bonds. The van der Waals surface area contributed by atoms with E-state index in [-0.39, 0.29) is 0 Å². The standard InChI is InChI=1S/C9H18O6/c1-3-14-9-8(13-2)6(12)7(15-9)5(11)4-10/h5-12H,3-4H2,1-2H3/t5-,6-,7+,8+,9-/m0/s1. The first kappa shape index (κ1) is 12.8. The van der Waals surface area contributed by atoms with Gasteiger partial charge in [0.15, 0.2) is 6.29 Å². The van der Waals surface area contributed by atoms with Crippen LogP contribution >= 0.6 is 0 Å². The molecule has 0 aromatic carbocycles. The molecule has 0 aromatic rings. The second-order valence-electron chi connectivity index (χ2n) is 3.37. The molecular weight excluding hydrogens is 204 g/mol. The topological polar surface area (TPSA) is 88.4 Å². The second-order valence-corrected chi connectivity index (χ2v) is 3.37. The molecule has 0 saturated carbocycles. The molecule has 6 heteroatoms. The molecule has 1 aliphatic rings. The smallest absolute Gasteiger partial charge is 0.186 e. The van der Waals surface area contributed by atoms with E-state index in [9.17, 15) is 10.2 Å². The van der Waals surface area contributed by atoms with Crippen molar-refractivity contribution in [2.45, 2.75) is 37.6 Å². The molecule has 0 spiro atoms. The van der Waals surface area contributed by atoms with Gasteiger partial charge in [-0.2, -0.15) is 0 Å². The van der Waals surface area contributed by atoms with Crippen LogP contribution in [0.5, 0.6) is 0 Å². The lowest BCUT2D eigenvalue weighted by atomic mass is 10.1. The van der Waals surface area contributed by atoms with Gasteiger partial charge in [-0.1, -0.05) is 0 Å². The molecule has 1 heterocycles. The van der Waals surface area contributed by atoms with Crippen LogP contribution < -0.4 is 0 Å². The molecule has 0 bridgehead atoms. The Hall–Kier alpha value is -0.240. The van der Waals surface area contributed by atoms with E-state index in [0.29, 0.717) is 6.61 Å². The molecule has 0 radical (unpaired) electrons. The lowest BCUT2D eigenvalue weighted by molar-refractivity contribution is -0.182. The fourth-order valence-electron chi connectivity index (χ4n) is 1.63. The Kier molecular flexibility index (Phi) is 4.91. The molecule has 90 valence electrons. The number of hydrogen-bond acceptors (Lipinski definition) is 6. The number of hydrogen-bond donors (Lipinski definition) is 3. The van der Waals surface area contributed by atoms with Crippen molar-refractivity contribution >= 4 is 0 Å². The summed E-state index contributed by atoms with van der Waals surface area (Å²) in [5.74, 6) is 0. The molecule has 1 aliphatic heterocycles. The molecule has 0 aromatic heterocycles. The molecule has 1 fully saturated rings. The fraction of sp³-hybridized carbons (Fsp3) is 1.00. The van der Waals surface area contributed by atoms with Gasteiger partial charge in [0.25, 0.3) is 0 Å². The van der Waals surface area contributed by atoms with Crippen molar-refractivity contribution in [3.05, 3.63) is 0 Å². The van der Waals surface area contributed by atoms with Gasteiger partial charge < -0.3 is 29.5 Å². The predicted octanol–water partition coefficient (Wildman–Crippen LogP) is -1.52. The summed E-state index contributed by atoms with van der Waals surface area (Å²) < 4.78 is 15.5. The first-order valence-corrected chi connectivity index (χ1v) is 4.92. The molecule has 0 unspecified atom stereocenters. The van der Waals surface area contributed by atoms with Crippen molar-refractivity contribution in [2.75, 3.05) is 20.3 Å². The first-order chi connectivity index (χ1) is 7.15. The molecule has 15 heavy (non-hydrogen) atoms. The van der Waals surface area contributed by atoms with Gasteiger partial charge in [-0.05, 0) is 6.92 Å². The van der Waals surface area contributed by atoms with Crippen LogP contribution in [-0.4, -0.2) is 66.3 Å². The van der Waals surface area contributed by atoms with Crippen molar-refractivity contribution < 1.29 is 29.5 Å². The maximum absolute atomic E-state index is 9.75. The number of aliphatic hydroxyl groups is 3. The van der Waals surface area contributed by atoms with Gasteiger partial charge in [-0.15, -0.1) is 0 Å². The molecule has 1 rings (SSSR count). The lowest BCUT2D eigenvalue weighted by Gasteiger charge is -2.19. The van der Waals surface area contributed by atoms with E-state index in [0.717, 1.165) is 0 Å². The SMILES string of the molecule is CCO[C@H]1O[C@H]([C@@H](O)CO)[C@H](O)[C@H]1OC. The summed E-state index contributed by atoms with van der Waals surface area (Å²) in [5, 5.41) is 27.9. The Bertz CT molecular complexity index is 185. The molecular formula is C9H18O6. The van der Waals surface area contributed by atoms with Gasteiger partial charge in [-0.3, -0.25) is 0 Å². The zero-order valence-corrected chi connectivity index (χ0v) is 8.87. The van der Waals surface area contributed by atoms with Crippen LogP contribution in [0.25, 0.3) is 0 Å². The minimum Gasteiger partial charge on any atom is -0.394 e. The van der Waals surface area contributed by atoms with Crippen LogP contribution in [0.3, 0.4) is 0 Å². The Balaban J connectivity index is 2.64. The van der Waals surface area contributed by atoms with Crippen LogP contribution in [0.15, 0.2) is 0 Å². The monoisotopic (exact) mass is 222 g/mol. The minimum atomic E-state index is -1.14. The van der Waals surface area contributed by atoms with Gasteiger partial charge in [0.05, 0.1) is 6.61 Å². The van der Waals surface area contributed by atoms with Crippen molar-refractivity contribution in [3.63, 3.8) is 0 Å². The Labute approximate surface area is 88.4 Å². The quantitative estimate of drug-likeness (QED) is 0.523. The summed E-state index contributed by atoms with van der Waals surface area (Å²) in [5.41, 5.74) is 0. The normalized spacial score (nSPS) is 38.2. The molecule has 6 nitrogen and oxygen atoms in total. The van der Waals surface area contributed by atoms with E-state index in [4.69, 9.17) is 19.3 Å². The van der Waals surface area contributed by atoms with Crippen LogP contribution in [0.2, 0.25) is 0 Å². The molecule has 0 aliphatic carbocycles. The molecule has 3 N–H and O–H groups in total. The van der Waals surface area contributed by atoms with Crippen molar-refractivity contribution in [2.24, 2.45) is 0 Å². The summed E-state index contributed by atoms with van der Waals surface area (Å²) in [6, 6.07) is 0. The van der Waals surface area contributed by atoms with Gasteiger partial charge in [0, 0.05) is 13.7 Å². The molecule has 1 saturated heterocycles. The fourth-order valence-corrected chi connectivity index (χ4v) is 1.63. The van der Waals surface area contributed by atoms with Crippen LogP contribution in [0.1, 0.15) is 6.92 Å². The van der Waals surface area contributed by atoms with E-state index in [1.54, 1.807) is 6.92 Å². The first-order valence-electron chi connectivity index (χ1n) is 4.92. The average molecular weight is 222 g/mol. The van der Waals surface area contributed by atoms with Gasteiger partial charge in [0.1, 0.15) is 24.4 Å². The van der Waals surface area contributed by atoms with E-state index in [1.165, 1.54) is 7.11 Å². The average Bonchev–Trinajstić information content (AvgIpc) is 2.55. The Morgan fingerprint density at radius 2 is 2.13 bits per heavy atom. The van der Waals surface area contributed by atoms with Gasteiger partial charge in [-0.25, -0.2) is 0 Å². The number of rotatable bonds is 5. The van der Waals surface area contributed by atoms with Crippen molar-refractivity contribution in [1.29, 1.82) is 0 Å². The lowest BCUT2D eigenvalue weighted by Crippen LogP contribution is -2.41. The van der Waals surface area contributed by atoms with Gasteiger partial charge >= 0.3 is 0 Å². The maximum atomic E-state index is 9.75. The summed E-state index contributed by atoms with van der Waals surface area (Å²) in [7, 11) is 1.43. The highest BCUT2D eigenvalue weighted by Gasteiger charge is 2.47. The van der Waals surface area contributed by atoms with Crippen molar-refractivity contribution in [1.82, 2.24) is 0 Å². The largest absolute Gasteiger partial charge is 0.394 e. The minimum absolute atomic E-state index is 0.416. The van der Waals surface area contributed by atoms with Gasteiger partial charge in [0.2, 0.25) is 0 Å². The van der Waals surface area contributed by atoms with Crippen molar-refractivity contribution in [3.8, 4) is 0 Å². The summed E-state index contributed by atoms with van der Waals surface area (Å²) in [4.78, 5) is 0. The van der Waals surface area contributed by atoms with Crippen LogP contribution in [0.4, 0.5) is 0 Å². The summed E-state index contributed by atoms with van der Waals surface area (Å²) >= 11 is 0. The third kappa shape index (κ3) is 2.66. The third-order valence-electron chi connectivity index (χ3n) is 2.40. The van der Waals surface area contributed by atoms with E-state index >= 15 is 0 Å². The van der Waals surface area contributed by atoms with E-state index in [2.05, 4.69) is 0 Å². The highest BCUT2D eigenvalue weighted by molar-refractivity contribution is 4.91. The zero-order valence-electron chi connectivity index (χ0n) is 8.87. The predicted molar refractivity (Wildman–Crippen MR) is 50.2 cm³/mol. The zero-order chi connectivity index (χ0) is 11.4. The van der Waals surface area contributed by atoms with E-state index in [1.807, 2.05) is 0 Å². The third-order valence-corrected chi connectivity index (χ3v) is 2.40. The number of ether oxygens (including phenoxy) is 3.